The van der Waals surface area contributed by atoms with Crippen LogP contribution < -0.4 is 10.1 Å². The van der Waals surface area contributed by atoms with Crippen LogP contribution in [0.5, 0.6) is 5.75 Å². The Hall–Kier alpha value is -2.55. The van der Waals surface area contributed by atoms with Crippen LogP contribution in [0.2, 0.25) is 0 Å². The molecule has 160 valence electrons. The number of carbonyl (C=O) groups is 2. The fourth-order valence-electron chi connectivity index (χ4n) is 3.32. The van der Waals surface area contributed by atoms with Gasteiger partial charge in [-0.15, -0.1) is 13.2 Å². The summed E-state index contributed by atoms with van der Waals surface area (Å²) in [5, 5.41) is 2.68. The minimum Gasteiger partial charge on any atom is -0.405 e. The highest BCUT2D eigenvalue weighted by Gasteiger charge is 2.32. The molecule has 1 heterocycles. The molecule has 3 rings (SSSR count). The van der Waals surface area contributed by atoms with Crippen molar-refractivity contribution in [3.8, 4) is 5.75 Å². The summed E-state index contributed by atoms with van der Waals surface area (Å²) in [4.78, 5) is 26.7. The van der Waals surface area contributed by atoms with Gasteiger partial charge in [-0.25, -0.2) is 0 Å². The van der Waals surface area contributed by atoms with E-state index in [2.05, 4.69) is 26.0 Å². The van der Waals surface area contributed by atoms with Crippen molar-refractivity contribution in [3.63, 3.8) is 0 Å². The van der Waals surface area contributed by atoms with Crippen molar-refractivity contribution in [1.29, 1.82) is 0 Å². The lowest BCUT2D eigenvalue weighted by Crippen LogP contribution is -2.43. The van der Waals surface area contributed by atoms with Gasteiger partial charge >= 0.3 is 6.36 Å². The van der Waals surface area contributed by atoms with Crippen molar-refractivity contribution < 1.29 is 27.5 Å². The van der Waals surface area contributed by atoms with Gasteiger partial charge in [0.2, 0.25) is 5.91 Å². The third-order valence-corrected chi connectivity index (χ3v) is 5.42. The van der Waals surface area contributed by atoms with Crippen LogP contribution in [0.25, 0.3) is 0 Å². The van der Waals surface area contributed by atoms with Crippen molar-refractivity contribution in [2.75, 3.05) is 13.1 Å². The third-order valence-electron chi connectivity index (χ3n) is 4.90. The van der Waals surface area contributed by atoms with Crippen LogP contribution in [0.15, 0.2) is 53.0 Å². The number of ether oxygens (including phenoxy) is 1. The molecule has 5 nitrogen and oxygen atoms in total. The minimum absolute atomic E-state index is 0.0663. The molecule has 0 unspecified atom stereocenters. The maximum absolute atomic E-state index is 12.6. The second-order valence-corrected chi connectivity index (χ2v) is 7.86. The Morgan fingerprint density at radius 3 is 2.33 bits per heavy atom. The Kier molecular flexibility index (Phi) is 7.02. The topological polar surface area (TPSA) is 58.6 Å². The Balaban J connectivity index is 1.51. The first-order chi connectivity index (χ1) is 14.2. The molecule has 1 aliphatic rings. The normalized spacial score (nSPS) is 15.0. The lowest BCUT2D eigenvalue weighted by molar-refractivity contribution is -0.274. The molecule has 0 saturated carbocycles. The summed E-state index contributed by atoms with van der Waals surface area (Å²) in [5.41, 5.74) is 0.827. The van der Waals surface area contributed by atoms with Crippen molar-refractivity contribution in [3.05, 3.63) is 64.1 Å². The summed E-state index contributed by atoms with van der Waals surface area (Å²) in [5.74, 6) is -0.956. The molecule has 0 radical (unpaired) electrons. The molecule has 1 fully saturated rings. The second-order valence-electron chi connectivity index (χ2n) is 6.95. The predicted molar refractivity (Wildman–Crippen MR) is 108 cm³/mol. The van der Waals surface area contributed by atoms with Crippen molar-refractivity contribution in [2.45, 2.75) is 25.7 Å². The number of halogens is 4. The molecule has 2 amide bonds. The number of piperidine rings is 1. The lowest BCUT2D eigenvalue weighted by atomic mass is 9.95. The summed E-state index contributed by atoms with van der Waals surface area (Å²) in [6.07, 6.45) is -3.81. The van der Waals surface area contributed by atoms with Crippen molar-refractivity contribution in [2.24, 2.45) is 5.92 Å². The van der Waals surface area contributed by atoms with Gasteiger partial charge in [0.1, 0.15) is 5.75 Å². The molecule has 0 bridgehead atoms. The van der Waals surface area contributed by atoms with Crippen LogP contribution >= 0.6 is 15.9 Å². The van der Waals surface area contributed by atoms with Gasteiger partial charge in [-0.3, -0.25) is 9.59 Å². The molecule has 1 N–H and O–H groups in total. The third kappa shape index (κ3) is 5.98. The highest BCUT2D eigenvalue weighted by Crippen LogP contribution is 2.26. The zero-order valence-corrected chi connectivity index (χ0v) is 17.5. The van der Waals surface area contributed by atoms with Gasteiger partial charge in [0.05, 0.1) is 0 Å². The summed E-state index contributed by atoms with van der Waals surface area (Å²) in [6, 6.07) is 12.8. The first kappa shape index (κ1) is 22.1. The van der Waals surface area contributed by atoms with E-state index in [1.807, 2.05) is 0 Å². The number of amides is 2. The SMILES string of the molecule is O=C(NCc1ccccc1OC(F)(F)F)C1CCN(C(=O)c2ccc(Br)cc2)CC1. The average Bonchev–Trinajstić information content (AvgIpc) is 2.72. The zero-order chi connectivity index (χ0) is 21.7. The van der Waals surface area contributed by atoms with Gasteiger partial charge in [0.25, 0.3) is 5.91 Å². The monoisotopic (exact) mass is 484 g/mol. The standard InChI is InChI=1S/C21H20BrF3N2O3/c22-17-7-5-15(6-8-17)20(29)27-11-9-14(10-12-27)19(28)26-13-16-3-1-2-4-18(16)30-21(23,24)25/h1-8,14H,9-13H2,(H,26,28). The predicted octanol–water partition coefficient (Wildman–Crippen LogP) is 4.52. The van der Waals surface area contributed by atoms with Crippen LogP contribution in [-0.2, 0) is 11.3 Å². The number of alkyl halides is 3. The van der Waals surface area contributed by atoms with E-state index < -0.39 is 6.36 Å². The van der Waals surface area contributed by atoms with E-state index in [0.717, 1.165) is 4.47 Å². The summed E-state index contributed by atoms with van der Waals surface area (Å²) >= 11 is 3.33. The fraction of sp³-hybridized carbons (Fsp3) is 0.333. The Labute approximate surface area is 180 Å². The van der Waals surface area contributed by atoms with Crippen LogP contribution in [0, 0.1) is 5.92 Å². The van der Waals surface area contributed by atoms with Gasteiger partial charge in [0.15, 0.2) is 0 Å². The van der Waals surface area contributed by atoms with Gasteiger partial charge in [-0.05, 0) is 43.2 Å². The molecular weight excluding hydrogens is 465 g/mol. The molecule has 0 aliphatic carbocycles. The number of likely N-dealkylation sites (tertiary alicyclic amines) is 1. The number of carbonyl (C=O) groups excluding carboxylic acids is 2. The van der Waals surface area contributed by atoms with E-state index >= 15 is 0 Å². The number of hydrogen-bond acceptors (Lipinski definition) is 3. The van der Waals surface area contributed by atoms with Gasteiger partial charge < -0.3 is 15.0 Å². The van der Waals surface area contributed by atoms with Crippen LogP contribution in [0.4, 0.5) is 13.2 Å². The maximum atomic E-state index is 12.6. The number of nitrogens with one attached hydrogen (secondary N) is 1. The van der Waals surface area contributed by atoms with Crippen LogP contribution in [0.1, 0.15) is 28.8 Å². The van der Waals surface area contributed by atoms with E-state index in [1.54, 1.807) is 35.2 Å². The molecule has 30 heavy (non-hydrogen) atoms. The number of benzene rings is 2. The van der Waals surface area contributed by atoms with Crippen molar-refractivity contribution >= 4 is 27.7 Å². The quantitative estimate of drug-likeness (QED) is 0.678. The first-order valence-electron chi connectivity index (χ1n) is 9.39. The first-order valence-corrected chi connectivity index (χ1v) is 10.2. The van der Waals surface area contributed by atoms with E-state index in [9.17, 15) is 22.8 Å². The highest BCUT2D eigenvalue weighted by atomic mass is 79.9. The van der Waals surface area contributed by atoms with Crippen LogP contribution in [-0.4, -0.2) is 36.2 Å². The van der Waals surface area contributed by atoms with Gasteiger partial charge in [0, 0.05) is 41.2 Å². The van der Waals surface area contributed by atoms with Crippen LogP contribution in [0.3, 0.4) is 0 Å². The highest BCUT2D eigenvalue weighted by molar-refractivity contribution is 9.10. The molecule has 2 aromatic rings. The van der Waals surface area contributed by atoms with E-state index in [4.69, 9.17) is 0 Å². The minimum atomic E-state index is -4.80. The van der Waals surface area contributed by atoms with E-state index in [1.165, 1.54) is 18.2 Å². The number of rotatable bonds is 5. The maximum Gasteiger partial charge on any atom is 0.573 e. The number of para-hydroxylation sites is 1. The molecule has 0 atom stereocenters. The van der Waals surface area contributed by atoms with Crippen molar-refractivity contribution in [1.82, 2.24) is 10.2 Å². The molecule has 0 aromatic heterocycles. The molecule has 0 spiro atoms. The summed E-state index contributed by atoms with van der Waals surface area (Å²) < 4.78 is 42.4. The smallest absolute Gasteiger partial charge is 0.405 e. The number of nitrogens with zero attached hydrogens (tertiary/aromatic N) is 1. The summed E-state index contributed by atoms with van der Waals surface area (Å²) in [7, 11) is 0. The lowest BCUT2D eigenvalue weighted by Gasteiger charge is -2.31. The Morgan fingerprint density at radius 1 is 1.07 bits per heavy atom. The van der Waals surface area contributed by atoms with E-state index in [-0.39, 0.29) is 35.6 Å². The Morgan fingerprint density at radius 2 is 1.70 bits per heavy atom. The average molecular weight is 485 g/mol. The largest absolute Gasteiger partial charge is 0.573 e. The molecule has 9 heteroatoms. The zero-order valence-electron chi connectivity index (χ0n) is 15.9. The molecular formula is C21H20BrF3N2O3. The fourth-order valence-corrected chi connectivity index (χ4v) is 3.58. The van der Waals surface area contributed by atoms with Gasteiger partial charge in [-0.1, -0.05) is 34.1 Å². The molecule has 1 saturated heterocycles. The number of hydrogen-bond donors (Lipinski definition) is 1. The second kappa shape index (κ2) is 9.51. The molecule has 2 aromatic carbocycles. The molecule has 1 aliphatic heterocycles. The van der Waals surface area contributed by atoms with E-state index in [0.29, 0.717) is 31.5 Å². The summed E-state index contributed by atoms with van der Waals surface area (Å²) in [6.45, 7) is 0.824. The van der Waals surface area contributed by atoms with Gasteiger partial charge in [-0.2, -0.15) is 0 Å². The Bertz CT molecular complexity index is 895.